The minimum atomic E-state index is 0.588. The maximum Gasteiger partial charge on any atom is 0.138 e. The van der Waals surface area contributed by atoms with E-state index in [2.05, 4.69) is 9.97 Å². The molecule has 0 unspecified atom stereocenters. The maximum absolute atomic E-state index is 6.10. The van der Waals surface area contributed by atoms with Crippen LogP contribution in [0.15, 0.2) is 48.8 Å². The summed E-state index contributed by atoms with van der Waals surface area (Å²) in [6.45, 7) is 5.19. The Hall–Kier alpha value is -3.54. The number of hydrogen-bond acceptors (Lipinski definition) is 6. The highest BCUT2D eigenvalue weighted by Gasteiger charge is 2.05. The van der Waals surface area contributed by atoms with Crippen molar-refractivity contribution in [2.24, 2.45) is 0 Å². The predicted octanol–water partition coefficient (Wildman–Crippen LogP) is 4.80. The smallest absolute Gasteiger partial charge is 0.138 e. The zero-order valence-electron chi connectivity index (χ0n) is 17.3. The number of fused-ring (bicyclic) bond motifs is 2. The fourth-order valence-electron chi connectivity index (χ4n) is 3.51. The first-order chi connectivity index (χ1) is 14.5. The van der Waals surface area contributed by atoms with Crippen molar-refractivity contribution in [1.29, 1.82) is 0 Å². The molecule has 2 aromatic heterocycles. The molecule has 0 atom stereocenters. The highest BCUT2D eigenvalue weighted by atomic mass is 16.5. The topological polar surface area (TPSA) is 96.3 Å². The summed E-state index contributed by atoms with van der Waals surface area (Å²) < 4.78 is 11.7. The zero-order chi connectivity index (χ0) is 21.1. The number of anilines is 2. The lowest BCUT2D eigenvalue weighted by Crippen LogP contribution is -2.03. The lowest BCUT2D eigenvalue weighted by atomic mass is 10.1. The van der Waals surface area contributed by atoms with Crippen LogP contribution in [-0.4, -0.2) is 23.2 Å². The van der Waals surface area contributed by atoms with Crippen molar-refractivity contribution >= 4 is 33.2 Å². The number of nitrogens with two attached hydrogens (primary N) is 2. The molecule has 0 saturated carbocycles. The Bertz CT molecular complexity index is 1110. The van der Waals surface area contributed by atoms with Crippen LogP contribution in [0.5, 0.6) is 11.5 Å². The molecule has 0 aliphatic heterocycles. The standard InChI is InChI=1S/C24H26N4O2/c1-15-7-21(25)19-11-17(13-27-23(19)9-15)29-5-3-4-6-30-18-12-20-22(26)8-16(2)10-24(20)28-14-18/h7-14H,3-6,25-26H2,1-2H3. The molecular weight excluding hydrogens is 376 g/mol. The van der Waals surface area contributed by atoms with Crippen molar-refractivity contribution in [2.45, 2.75) is 26.7 Å². The SMILES string of the molecule is Cc1cc(N)c2cc(OCCCCOc3cnc4cc(C)cc(N)c4c3)cnc2c1. The van der Waals surface area contributed by atoms with E-state index < -0.39 is 0 Å². The van der Waals surface area contributed by atoms with Crippen LogP contribution in [0.1, 0.15) is 24.0 Å². The summed E-state index contributed by atoms with van der Waals surface area (Å²) in [6, 6.07) is 11.8. The van der Waals surface area contributed by atoms with Gasteiger partial charge in [-0.2, -0.15) is 0 Å². The van der Waals surface area contributed by atoms with E-state index >= 15 is 0 Å². The summed E-state index contributed by atoms with van der Waals surface area (Å²) in [5.41, 5.74) is 17.6. The number of benzene rings is 2. The number of aromatic nitrogens is 2. The third-order valence-electron chi connectivity index (χ3n) is 4.98. The van der Waals surface area contributed by atoms with Gasteiger partial charge in [0.1, 0.15) is 11.5 Å². The van der Waals surface area contributed by atoms with Crippen molar-refractivity contribution in [1.82, 2.24) is 9.97 Å². The second-order valence-electron chi connectivity index (χ2n) is 7.59. The monoisotopic (exact) mass is 402 g/mol. The van der Waals surface area contributed by atoms with Gasteiger partial charge in [-0.05, 0) is 74.2 Å². The lowest BCUT2D eigenvalue weighted by molar-refractivity contribution is 0.266. The van der Waals surface area contributed by atoms with Gasteiger partial charge in [-0.25, -0.2) is 0 Å². The first-order valence-corrected chi connectivity index (χ1v) is 10.1. The molecule has 0 saturated heterocycles. The van der Waals surface area contributed by atoms with Gasteiger partial charge in [-0.15, -0.1) is 0 Å². The predicted molar refractivity (Wildman–Crippen MR) is 122 cm³/mol. The van der Waals surface area contributed by atoms with Crippen LogP contribution in [0.25, 0.3) is 21.8 Å². The summed E-state index contributed by atoms with van der Waals surface area (Å²) in [7, 11) is 0. The van der Waals surface area contributed by atoms with Crippen molar-refractivity contribution in [3.8, 4) is 11.5 Å². The van der Waals surface area contributed by atoms with Crippen LogP contribution in [0.2, 0.25) is 0 Å². The summed E-state index contributed by atoms with van der Waals surface area (Å²) in [6.07, 6.45) is 5.21. The average Bonchev–Trinajstić information content (AvgIpc) is 2.71. The van der Waals surface area contributed by atoms with E-state index in [4.69, 9.17) is 20.9 Å². The van der Waals surface area contributed by atoms with E-state index in [-0.39, 0.29) is 0 Å². The molecule has 154 valence electrons. The highest BCUT2D eigenvalue weighted by Crippen LogP contribution is 2.26. The number of nitrogens with zero attached hydrogens (tertiary/aromatic N) is 2. The Morgan fingerprint density at radius 2 is 1.10 bits per heavy atom. The van der Waals surface area contributed by atoms with Gasteiger partial charge in [0.25, 0.3) is 0 Å². The third-order valence-corrected chi connectivity index (χ3v) is 4.98. The zero-order valence-corrected chi connectivity index (χ0v) is 17.3. The van der Waals surface area contributed by atoms with E-state index in [9.17, 15) is 0 Å². The van der Waals surface area contributed by atoms with Gasteiger partial charge in [-0.1, -0.05) is 0 Å². The van der Waals surface area contributed by atoms with Gasteiger partial charge in [0.15, 0.2) is 0 Å². The molecule has 2 aromatic carbocycles. The minimum Gasteiger partial charge on any atom is -0.492 e. The van der Waals surface area contributed by atoms with Crippen molar-refractivity contribution < 1.29 is 9.47 Å². The molecule has 0 amide bonds. The van der Waals surface area contributed by atoms with Gasteiger partial charge in [-0.3, -0.25) is 9.97 Å². The molecule has 0 aliphatic rings. The van der Waals surface area contributed by atoms with Gasteiger partial charge in [0.05, 0.1) is 36.6 Å². The van der Waals surface area contributed by atoms with Crippen LogP contribution in [0, 0.1) is 13.8 Å². The largest absolute Gasteiger partial charge is 0.492 e. The van der Waals surface area contributed by atoms with Gasteiger partial charge in [0.2, 0.25) is 0 Å². The van der Waals surface area contributed by atoms with Crippen molar-refractivity contribution in [3.05, 3.63) is 59.9 Å². The number of nitrogen functional groups attached to an aromatic ring is 2. The Morgan fingerprint density at radius 3 is 1.53 bits per heavy atom. The Kier molecular flexibility index (Phi) is 5.57. The fraction of sp³-hybridized carbons (Fsp3) is 0.250. The van der Waals surface area contributed by atoms with Crippen molar-refractivity contribution in [2.75, 3.05) is 24.7 Å². The molecule has 0 fully saturated rings. The molecule has 6 nitrogen and oxygen atoms in total. The van der Waals surface area contributed by atoms with Crippen LogP contribution in [-0.2, 0) is 0 Å². The van der Waals surface area contributed by atoms with E-state index in [0.29, 0.717) is 13.2 Å². The van der Waals surface area contributed by atoms with E-state index in [1.54, 1.807) is 12.4 Å². The molecule has 4 rings (SSSR count). The molecule has 6 heteroatoms. The quantitative estimate of drug-likeness (QED) is 0.340. The van der Waals surface area contributed by atoms with E-state index in [1.807, 2.05) is 50.2 Å². The molecule has 4 N–H and O–H groups in total. The van der Waals surface area contributed by atoms with E-state index in [0.717, 1.165) is 68.6 Å². The second-order valence-corrected chi connectivity index (χ2v) is 7.59. The third kappa shape index (κ3) is 4.38. The maximum atomic E-state index is 6.10. The second kappa shape index (κ2) is 8.45. The molecule has 2 heterocycles. The van der Waals surface area contributed by atoms with Gasteiger partial charge < -0.3 is 20.9 Å². The van der Waals surface area contributed by atoms with Gasteiger partial charge in [0, 0.05) is 22.1 Å². The number of hydrogen-bond donors (Lipinski definition) is 2. The number of unbranched alkanes of at least 4 members (excludes halogenated alkanes) is 1. The average molecular weight is 402 g/mol. The number of pyridine rings is 2. The van der Waals surface area contributed by atoms with Crippen molar-refractivity contribution in [3.63, 3.8) is 0 Å². The number of ether oxygens (including phenoxy) is 2. The summed E-state index contributed by atoms with van der Waals surface area (Å²) in [4.78, 5) is 8.90. The molecule has 4 aromatic rings. The van der Waals surface area contributed by atoms with E-state index in [1.165, 1.54) is 0 Å². The highest BCUT2D eigenvalue weighted by molar-refractivity contribution is 5.92. The lowest BCUT2D eigenvalue weighted by Gasteiger charge is -2.10. The molecular formula is C24H26N4O2. The molecule has 0 aliphatic carbocycles. The van der Waals surface area contributed by atoms with Crippen LogP contribution < -0.4 is 20.9 Å². The first kappa shape index (κ1) is 19.8. The Labute approximate surface area is 175 Å². The summed E-state index contributed by atoms with van der Waals surface area (Å²) in [5.74, 6) is 1.45. The van der Waals surface area contributed by atoms with Crippen LogP contribution >= 0.6 is 0 Å². The number of aryl methyl sites for hydroxylation is 2. The summed E-state index contributed by atoms with van der Waals surface area (Å²) in [5, 5.41) is 1.83. The Morgan fingerprint density at radius 1 is 0.667 bits per heavy atom. The number of rotatable bonds is 7. The summed E-state index contributed by atoms with van der Waals surface area (Å²) >= 11 is 0. The Balaban J connectivity index is 1.27. The fourth-order valence-corrected chi connectivity index (χ4v) is 3.51. The van der Waals surface area contributed by atoms with Crippen LogP contribution in [0.4, 0.5) is 11.4 Å². The van der Waals surface area contributed by atoms with Crippen LogP contribution in [0.3, 0.4) is 0 Å². The van der Waals surface area contributed by atoms with Gasteiger partial charge >= 0.3 is 0 Å². The first-order valence-electron chi connectivity index (χ1n) is 10.1. The molecule has 30 heavy (non-hydrogen) atoms. The molecule has 0 radical (unpaired) electrons. The molecule has 0 bridgehead atoms. The normalized spacial score (nSPS) is 11.1. The minimum absolute atomic E-state index is 0.588. The molecule has 0 spiro atoms.